The summed E-state index contributed by atoms with van der Waals surface area (Å²) in [5.74, 6) is -0.670. The second-order valence-electron chi connectivity index (χ2n) is 6.71. The lowest BCUT2D eigenvalue weighted by Crippen LogP contribution is -2.60. The van der Waals surface area contributed by atoms with Crippen LogP contribution in [0.25, 0.3) is 0 Å². The second-order valence-corrected chi connectivity index (χ2v) is 8.72. The van der Waals surface area contributed by atoms with Crippen LogP contribution in [0, 0.1) is 0 Å². The van der Waals surface area contributed by atoms with Crippen LogP contribution in [0.3, 0.4) is 0 Å². The number of nitrogens with zero attached hydrogens (tertiary/aromatic N) is 4. The molecule has 1 aliphatic heterocycles. The molecule has 0 spiro atoms. The Balaban J connectivity index is 1.93. The average molecular weight is 454 g/mol. The molecule has 0 bridgehead atoms. The Hall–Kier alpha value is -2.57. The molecule has 0 radical (unpaired) electrons. The van der Waals surface area contributed by atoms with Gasteiger partial charge in [-0.1, -0.05) is 6.07 Å². The molecule has 2 heterocycles. The first-order valence-corrected chi connectivity index (χ1v) is 10.4. The van der Waals surface area contributed by atoms with Crippen molar-refractivity contribution in [3.8, 4) is 0 Å². The quantitative estimate of drug-likeness (QED) is 0.664. The van der Waals surface area contributed by atoms with Crippen LogP contribution in [-0.4, -0.2) is 56.5 Å². The average Bonchev–Trinajstić information content (AvgIpc) is 2.66. The van der Waals surface area contributed by atoms with Crippen molar-refractivity contribution in [2.45, 2.75) is 23.3 Å². The summed E-state index contributed by atoms with van der Waals surface area (Å²) in [5.41, 5.74) is -1.08. The molecule has 0 N–H and O–H groups in total. The Kier molecular flexibility index (Phi) is 5.60. The molecule has 0 aliphatic carbocycles. The van der Waals surface area contributed by atoms with Gasteiger partial charge in [-0.15, -0.1) is 0 Å². The minimum Gasteiger partial charge on any atom is -0.367 e. The molecule has 0 amide bonds. The van der Waals surface area contributed by atoms with Gasteiger partial charge in [0.05, 0.1) is 4.90 Å². The topological polar surface area (TPSA) is 66.4 Å². The summed E-state index contributed by atoms with van der Waals surface area (Å²) in [7, 11) is -3.56. The Labute approximate surface area is 168 Å². The standard InChI is InChI=1S/C17H16F6N4O2S/c1-30(28,29)12-4-2-3-11(9-12)26-7-8-27(14(10-26)17(21,22)23)15-24-6-5-13(25-15)16(18,19)20/h2-6,9,14H,7-8,10H2,1H3/t14-/m1/s1. The van der Waals surface area contributed by atoms with E-state index in [0.717, 1.165) is 12.5 Å². The Bertz CT molecular complexity index is 1030. The van der Waals surface area contributed by atoms with Crippen molar-refractivity contribution in [2.24, 2.45) is 0 Å². The van der Waals surface area contributed by atoms with Gasteiger partial charge in [0, 0.05) is 37.8 Å². The summed E-state index contributed by atoms with van der Waals surface area (Å²) in [5, 5.41) is 0. The number of hydrogen-bond donors (Lipinski definition) is 0. The molecule has 0 unspecified atom stereocenters. The van der Waals surface area contributed by atoms with Gasteiger partial charge in [0.1, 0.15) is 11.7 Å². The second kappa shape index (κ2) is 7.60. The molecule has 2 aromatic rings. The maximum absolute atomic E-state index is 13.7. The third-order valence-electron chi connectivity index (χ3n) is 4.56. The first-order valence-electron chi connectivity index (χ1n) is 8.55. The van der Waals surface area contributed by atoms with Crippen molar-refractivity contribution < 1.29 is 34.8 Å². The summed E-state index contributed by atoms with van der Waals surface area (Å²) in [6.07, 6.45) is -7.86. The van der Waals surface area contributed by atoms with Crippen molar-refractivity contribution in [1.82, 2.24) is 9.97 Å². The number of hydrogen-bond acceptors (Lipinski definition) is 6. The van der Waals surface area contributed by atoms with E-state index in [1.165, 1.54) is 29.2 Å². The summed E-state index contributed by atoms with van der Waals surface area (Å²) < 4.78 is 103. The number of rotatable bonds is 3. The molecule has 1 atom stereocenters. The van der Waals surface area contributed by atoms with Gasteiger partial charge in [-0.05, 0) is 24.3 Å². The highest BCUT2D eigenvalue weighted by Crippen LogP contribution is 2.34. The number of halogens is 6. The number of benzene rings is 1. The van der Waals surface area contributed by atoms with E-state index in [4.69, 9.17) is 0 Å². The monoisotopic (exact) mass is 454 g/mol. The van der Waals surface area contributed by atoms with Crippen LogP contribution in [0.2, 0.25) is 0 Å². The van der Waals surface area contributed by atoms with Crippen molar-refractivity contribution in [3.05, 3.63) is 42.2 Å². The lowest BCUT2D eigenvalue weighted by atomic mass is 10.1. The van der Waals surface area contributed by atoms with E-state index in [0.29, 0.717) is 11.0 Å². The van der Waals surface area contributed by atoms with Crippen molar-refractivity contribution >= 4 is 21.5 Å². The van der Waals surface area contributed by atoms with Crippen LogP contribution in [0.4, 0.5) is 38.0 Å². The van der Waals surface area contributed by atoms with Gasteiger partial charge in [-0.2, -0.15) is 26.3 Å². The minimum atomic E-state index is -4.82. The Morgan fingerprint density at radius 3 is 2.37 bits per heavy atom. The van der Waals surface area contributed by atoms with Gasteiger partial charge in [0.2, 0.25) is 5.95 Å². The highest BCUT2D eigenvalue weighted by molar-refractivity contribution is 7.90. The van der Waals surface area contributed by atoms with Crippen molar-refractivity contribution in [3.63, 3.8) is 0 Å². The van der Waals surface area contributed by atoms with E-state index in [1.807, 2.05) is 0 Å². The van der Waals surface area contributed by atoms with Gasteiger partial charge in [0.15, 0.2) is 9.84 Å². The fourth-order valence-corrected chi connectivity index (χ4v) is 3.75. The summed E-state index contributed by atoms with van der Waals surface area (Å²) in [6, 6.07) is 3.87. The van der Waals surface area contributed by atoms with Crippen molar-refractivity contribution in [2.75, 3.05) is 35.7 Å². The molecule has 1 saturated heterocycles. The zero-order valence-electron chi connectivity index (χ0n) is 15.4. The predicted molar refractivity (Wildman–Crippen MR) is 96.0 cm³/mol. The predicted octanol–water partition coefficient (Wildman–Crippen LogP) is 3.16. The highest BCUT2D eigenvalue weighted by Gasteiger charge is 2.48. The van der Waals surface area contributed by atoms with Gasteiger partial charge in [-0.3, -0.25) is 0 Å². The zero-order chi connectivity index (χ0) is 22.3. The maximum Gasteiger partial charge on any atom is 0.433 e. The van der Waals surface area contributed by atoms with Crippen LogP contribution in [0.1, 0.15) is 5.69 Å². The van der Waals surface area contributed by atoms with E-state index in [1.54, 1.807) is 0 Å². The van der Waals surface area contributed by atoms with Gasteiger partial charge < -0.3 is 9.80 Å². The van der Waals surface area contributed by atoms with E-state index in [9.17, 15) is 34.8 Å². The molecule has 1 aliphatic rings. The minimum absolute atomic E-state index is 0.000595. The number of aromatic nitrogens is 2. The summed E-state index contributed by atoms with van der Waals surface area (Å²) >= 11 is 0. The molecule has 1 fully saturated rings. The molecule has 164 valence electrons. The SMILES string of the molecule is CS(=O)(=O)c1cccc(N2CCN(c3nccc(C(F)(F)F)n3)[C@@H](C(F)(F)F)C2)c1. The highest BCUT2D eigenvalue weighted by atomic mass is 32.2. The molecule has 13 heteroatoms. The smallest absolute Gasteiger partial charge is 0.367 e. The summed E-state index contributed by atoms with van der Waals surface area (Å²) in [4.78, 5) is 8.84. The lowest BCUT2D eigenvalue weighted by molar-refractivity contribution is -0.148. The van der Waals surface area contributed by atoms with Gasteiger partial charge in [0.25, 0.3) is 0 Å². The van der Waals surface area contributed by atoms with Crippen LogP contribution >= 0.6 is 0 Å². The molecule has 3 rings (SSSR count). The molecular weight excluding hydrogens is 438 g/mol. The number of alkyl halides is 6. The van der Waals surface area contributed by atoms with Gasteiger partial charge >= 0.3 is 12.4 Å². The Morgan fingerprint density at radius 2 is 1.77 bits per heavy atom. The van der Waals surface area contributed by atoms with Crippen LogP contribution in [0.15, 0.2) is 41.4 Å². The number of sulfone groups is 1. The largest absolute Gasteiger partial charge is 0.433 e. The van der Waals surface area contributed by atoms with E-state index < -0.39 is 46.4 Å². The fraction of sp³-hybridized carbons (Fsp3) is 0.412. The molecule has 1 aromatic carbocycles. The van der Waals surface area contributed by atoms with E-state index in [2.05, 4.69) is 9.97 Å². The maximum atomic E-state index is 13.7. The molecule has 30 heavy (non-hydrogen) atoms. The van der Waals surface area contributed by atoms with Crippen LogP contribution in [0.5, 0.6) is 0 Å². The molecule has 1 aromatic heterocycles. The van der Waals surface area contributed by atoms with Gasteiger partial charge in [-0.25, -0.2) is 18.4 Å². The Morgan fingerprint density at radius 1 is 1.07 bits per heavy atom. The fourth-order valence-electron chi connectivity index (χ4n) is 3.09. The van der Waals surface area contributed by atoms with E-state index in [-0.39, 0.29) is 23.7 Å². The zero-order valence-corrected chi connectivity index (χ0v) is 16.3. The first-order chi connectivity index (χ1) is 13.8. The summed E-state index contributed by atoms with van der Waals surface area (Å²) in [6.45, 7) is -0.940. The van der Waals surface area contributed by atoms with E-state index >= 15 is 0 Å². The third kappa shape index (κ3) is 4.77. The number of anilines is 2. The lowest BCUT2D eigenvalue weighted by Gasteiger charge is -2.43. The number of piperazine rings is 1. The third-order valence-corrected chi connectivity index (χ3v) is 5.67. The van der Waals surface area contributed by atoms with Crippen LogP contribution in [-0.2, 0) is 16.0 Å². The van der Waals surface area contributed by atoms with Crippen molar-refractivity contribution in [1.29, 1.82) is 0 Å². The molecule has 0 saturated carbocycles. The normalized spacial score (nSPS) is 18.6. The first kappa shape index (κ1) is 22.1. The molecular formula is C17H16F6N4O2S. The molecule has 6 nitrogen and oxygen atoms in total. The van der Waals surface area contributed by atoms with Crippen LogP contribution < -0.4 is 9.80 Å².